The number of benzene rings is 2. The number of amides is 1. The van der Waals surface area contributed by atoms with E-state index in [0.29, 0.717) is 24.1 Å². The Kier molecular flexibility index (Phi) is 4.66. The average molecular weight is 289 g/mol. The largest absolute Gasteiger partial charge is 0.489 e. The van der Waals surface area contributed by atoms with Crippen molar-refractivity contribution in [2.75, 3.05) is 11.9 Å². The van der Waals surface area contributed by atoms with Crippen molar-refractivity contribution in [3.8, 4) is 5.75 Å². The molecular weight excluding hydrogens is 276 g/mol. The molecule has 0 radical (unpaired) electrons. The van der Waals surface area contributed by atoms with Crippen LogP contribution in [0.2, 0.25) is 0 Å². The second-order valence-electron chi connectivity index (χ2n) is 4.21. The van der Waals surface area contributed by atoms with Gasteiger partial charge in [-0.2, -0.15) is 0 Å². The molecule has 0 atom stereocenters. The SMILES string of the molecule is C=CCOc1cccc(NC(=O)c2ccc(F)cc2F)c1. The molecule has 3 nitrogen and oxygen atoms in total. The molecule has 108 valence electrons. The van der Waals surface area contributed by atoms with Crippen molar-refractivity contribution in [1.82, 2.24) is 0 Å². The molecule has 0 aliphatic carbocycles. The molecule has 0 saturated carbocycles. The molecule has 1 amide bonds. The minimum absolute atomic E-state index is 0.228. The second kappa shape index (κ2) is 6.65. The summed E-state index contributed by atoms with van der Waals surface area (Å²) in [4.78, 5) is 11.9. The summed E-state index contributed by atoms with van der Waals surface area (Å²) in [5.74, 6) is -1.75. The average Bonchev–Trinajstić information content (AvgIpc) is 2.45. The first-order valence-corrected chi connectivity index (χ1v) is 6.20. The van der Waals surface area contributed by atoms with Gasteiger partial charge in [-0.3, -0.25) is 4.79 Å². The molecule has 1 N–H and O–H groups in total. The van der Waals surface area contributed by atoms with Crippen molar-refractivity contribution >= 4 is 11.6 Å². The molecule has 2 aromatic rings. The predicted molar refractivity (Wildman–Crippen MR) is 76.4 cm³/mol. The van der Waals surface area contributed by atoms with Gasteiger partial charge >= 0.3 is 0 Å². The summed E-state index contributed by atoms with van der Waals surface area (Å²) in [6.07, 6.45) is 1.60. The van der Waals surface area contributed by atoms with E-state index >= 15 is 0 Å². The summed E-state index contributed by atoms with van der Waals surface area (Å²) in [5, 5.41) is 2.53. The lowest BCUT2D eigenvalue weighted by Gasteiger charge is -2.08. The number of ether oxygens (including phenoxy) is 1. The number of halogens is 2. The summed E-state index contributed by atoms with van der Waals surface area (Å²) >= 11 is 0. The van der Waals surface area contributed by atoms with Crippen molar-refractivity contribution in [2.45, 2.75) is 0 Å². The zero-order chi connectivity index (χ0) is 15.2. The smallest absolute Gasteiger partial charge is 0.258 e. The molecule has 5 heteroatoms. The van der Waals surface area contributed by atoms with E-state index in [0.717, 1.165) is 12.1 Å². The van der Waals surface area contributed by atoms with E-state index in [-0.39, 0.29) is 5.56 Å². The Hall–Kier alpha value is -2.69. The Morgan fingerprint density at radius 1 is 1.24 bits per heavy atom. The summed E-state index contributed by atoms with van der Waals surface area (Å²) in [6.45, 7) is 3.87. The molecule has 0 heterocycles. The molecule has 2 rings (SSSR count). The molecule has 0 spiro atoms. The quantitative estimate of drug-likeness (QED) is 0.851. The van der Waals surface area contributed by atoms with Gasteiger partial charge in [0.05, 0.1) is 5.56 Å². The van der Waals surface area contributed by atoms with Crippen LogP contribution in [-0.2, 0) is 0 Å². The molecule has 0 saturated heterocycles. The third-order valence-electron chi connectivity index (χ3n) is 2.64. The lowest BCUT2D eigenvalue weighted by Crippen LogP contribution is -2.14. The Labute approximate surface area is 120 Å². The van der Waals surface area contributed by atoms with Crippen molar-refractivity contribution < 1.29 is 18.3 Å². The van der Waals surface area contributed by atoms with Crippen molar-refractivity contribution in [2.24, 2.45) is 0 Å². The van der Waals surface area contributed by atoms with Crippen LogP contribution in [0.15, 0.2) is 55.1 Å². The van der Waals surface area contributed by atoms with Crippen LogP contribution in [-0.4, -0.2) is 12.5 Å². The Morgan fingerprint density at radius 3 is 2.76 bits per heavy atom. The number of anilines is 1. The van der Waals surface area contributed by atoms with Gasteiger partial charge in [0, 0.05) is 17.8 Å². The van der Waals surface area contributed by atoms with E-state index in [2.05, 4.69) is 11.9 Å². The van der Waals surface area contributed by atoms with E-state index in [1.807, 2.05) is 0 Å². The Morgan fingerprint density at radius 2 is 2.05 bits per heavy atom. The number of hydrogen-bond acceptors (Lipinski definition) is 2. The molecule has 0 bridgehead atoms. The monoisotopic (exact) mass is 289 g/mol. The second-order valence-corrected chi connectivity index (χ2v) is 4.21. The van der Waals surface area contributed by atoms with Crippen LogP contribution in [0.3, 0.4) is 0 Å². The molecule has 0 aliphatic rings. The lowest BCUT2D eigenvalue weighted by atomic mass is 10.2. The highest BCUT2D eigenvalue weighted by Crippen LogP contribution is 2.19. The lowest BCUT2D eigenvalue weighted by molar-refractivity contribution is 0.102. The van der Waals surface area contributed by atoms with Crippen LogP contribution in [0.5, 0.6) is 5.75 Å². The zero-order valence-corrected chi connectivity index (χ0v) is 11.1. The third kappa shape index (κ3) is 3.89. The number of rotatable bonds is 5. The zero-order valence-electron chi connectivity index (χ0n) is 11.1. The van der Waals surface area contributed by atoms with Crippen molar-refractivity contribution in [3.05, 3.63) is 72.3 Å². The first-order valence-electron chi connectivity index (χ1n) is 6.20. The van der Waals surface area contributed by atoms with Crippen LogP contribution < -0.4 is 10.1 Å². The van der Waals surface area contributed by atoms with Gasteiger partial charge in [-0.1, -0.05) is 18.7 Å². The topological polar surface area (TPSA) is 38.3 Å². The van der Waals surface area contributed by atoms with Gasteiger partial charge in [0.1, 0.15) is 24.0 Å². The Balaban J connectivity index is 2.13. The maximum atomic E-state index is 13.5. The fourth-order valence-electron chi connectivity index (χ4n) is 1.69. The molecule has 0 aromatic heterocycles. The van der Waals surface area contributed by atoms with Crippen LogP contribution in [0, 0.1) is 11.6 Å². The van der Waals surface area contributed by atoms with Crippen LogP contribution in [0.4, 0.5) is 14.5 Å². The van der Waals surface area contributed by atoms with Gasteiger partial charge in [-0.05, 0) is 24.3 Å². The van der Waals surface area contributed by atoms with Gasteiger partial charge in [0.15, 0.2) is 0 Å². The van der Waals surface area contributed by atoms with Gasteiger partial charge in [0.2, 0.25) is 0 Å². The first kappa shape index (κ1) is 14.7. The van der Waals surface area contributed by atoms with Crippen LogP contribution in [0.25, 0.3) is 0 Å². The first-order chi connectivity index (χ1) is 10.1. The van der Waals surface area contributed by atoms with E-state index in [1.165, 1.54) is 0 Å². The minimum atomic E-state index is -0.911. The van der Waals surface area contributed by atoms with Crippen LogP contribution >= 0.6 is 0 Å². The van der Waals surface area contributed by atoms with Gasteiger partial charge < -0.3 is 10.1 Å². The molecule has 0 fully saturated rings. The summed E-state index contributed by atoms with van der Waals surface area (Å²) in [7, 11) is 0. The van der Waals surface area contributed by atoms with Crippen LogP contribution in [0.1, 0.15) is 10.4 Å². The molecular formula is C16H13F2NO2. The standard InChI is InChI=1S/C16H13F2NO2/c1-2-8-21-13-5-3-4-12(10-13)19-16(20)14-7-6-11(17)9-15(14)18/h2-7,9-10H,1,8H2,(H,19,20). The molecule has 0 aliphatic heterocycles. The summed E-state index contributed by atoms with van der Waals surface area (Å²) in [5.41, 5.74) is 0.221. The highest BCUT2D eigenvalue weighted by atomic mass is 19.1. The molecule has 2 aromatic carbocycles. The molecule has 0 unspecified atom stereocenters. The normalized spacial score (nSPS) is 10.0. The number of nitrogens with one attached hydrogen (secondary N) is 1. The number of carbonyl (C=O) groups is 1. The minimum Gasteiger partial charge on any atom is -0.489 e. The van der Waals surface area contributed by atoms with E-state index in [9.17, 15) is 13.6 Å². The fourth-order valence-corrected chi connectivity index (χ4v) is 1.69. The van der Waals surface area contributed by atoms with Gasteiger partial charge in [-0.15, -0.1) is 0 Å². The maximum Gasteiger partial charge on any atom is 0.258 e. The van der Waals surface area contributed by atoms with Crippen molar-refractivity contribution in [1.29, 1.82) is 0 Å². The summed E-state index contributed by atoms with van der Waals surface area (Å²) in [6, 6.07) is 9.44. The highest BCUT2D eigenvalue weighted by Gasteiger charge is 2.12. The maximum absolute atomic E-state index is 13.5. The third-order valence-corrected chi connectivity index (χ3v) is 2.64. The summed E-state index contributed by atoms with van der Waals surface area (Å²) < 4.78 is 31.7. The van der Waals surface area contributed by atoms with E-state index in [4.69, 9.17) is 4.74 Å². The number of hydrogen-bond donors (Lipinski definition) is 1. The van der Waals surface area contributed by atoms with Gasteiger partial charge in [0.25, 0.3) is 5.91 Å². The van der Waals surface area contributed by atoms with Crippen molar-refractivity contribution in [3.63, 3.8) is 0 Å². The fraction of sp³-hybridized carbons (Fsp3) is 0.0625. The van der Waals surface area contributed by atoms with E-state index < -0.39 is 17.5 Å². The number of carbonyl (C=O) groups excluding carboxylic acids is 1. The predicted octanol–water partition coefficient (Wildman–Crippen LogP) is 3.78. The highest BCUT2D eigenvalue weighted by molar-refractivity contribution is 6.04. The van der Waals surface area contributed by atoms with Gasteiger partial charge in [-0.25, -0.2) is 8.78 Å². The molecule has 21 heavy (non-hydrogen) atoms. The van der Waals surface area contributed by atoms with E-state index in [1.54, 1.807) is 30.3 Å². The Bertz CT molecular complexity index is 671.